The molecule has 1 amide bonds. The van der Waals surface area contributed by atoms with Crippen LogP contribution in [0.25, 0.3) is 10.8 Å². The Kier molecular flexibility index (Phi) is 6.63. The Morgan fingerprint density at radius 2 is 1.56 bits per heavy atom. The second-order valence-corrected chi connectivity index (χ2v) is 8.01. The summed E-state index contributed by atoms with van der Waals surface area (Å²) in [5.41, 5.74) is 3.77. The first kappa shape index (κ1) is 21.7. The van der Waals surface area contributed by atoms with Crippen LogP contribution in [0.2, 0.25) is 5.02 Å². The number of benzene rings is 4. The van der Waals surface area contributed by atoms with E-state index in [0.717, 1.165) is 10.8 Å². The number of hydrogen-bond acceptors (Lipinski definition) is 4. The van der Waals surface area contributed by atoms with Gasteiger partial charge in [-0.15, -0.1) is 0 Å². The van der Waals surface area contributed by atoms with Crippen LogP contribution in [0.15, 0.2) is 94.5 Å². The fourth-order valence-corrected chi connectivity index (χ4v) is 3.82. The number of fused-ring (bicyclic) bond motifs is 1. The quantitative estimate of drug-likeness (QED) is 0.150. The Bertz CT molecular complexity index is 1350. The van der Waals surface area contributed by atoms with Crippen molar-refractivity contribution in [2.24, 2.45) is 5.10 Å². The normalized spacial score (nSPS) is 10.9. The molecule has 4 aromatic carbocycles. The molecule has 0 atom stereocenters. The van der Waals surface area contributed by atoms with Crippen molar-refractivity contribution in [3.63, 3.8) is 0 Å². The maximum Gasteiger partial charge on any atom is 0.345 e. The van der Waals surface area contributed by atoms with E-state index in [1.807, 2.05) is 36.4 Å². The number of hydrogen-bond donors (Lipinski definition) is 1. The number of ether oxygens (including phenoxy) is 1. The molecule has 32 heavy (non-hydrogen) atoms. The summed E-state index contributed by atoms with van der Waals surface area (Å²) in [7, 11) is 0. The van der Waals surface area contributed by atoms with Gasteiger partial charge in [0, 0.05) is 10.0 Å². The highest BCUT2D eigenvalue weighted by Gasteiger charge is 2.16. The molecule has 0 fully saturated rings. The van der Waals surface area contributed by atoms with Crippen molar-refractivity contribution in [2.75, 3.05) is 0 Å². The molecular formula is C25H16BrClN2O3. The van der Waals surface area contributed by atoms with Crippen LogP contribution in [0.3, 0.4) is 0 Å². The lowest BCUT2D eigenvalue weighted by atomic mass is 10.0. The smallest absolute Gasteiger partial charge is 0.345 e. The Labute approximate surface area is 197 Å². The van der Waals surface area contributed by atoms with Crippen molar-refractivity contribution < 1.29 is 14.3 Å². The number of nitrogens with one attached hydrogen (secondary N) is 1. The molecule has 1 N–H and O–H groups in total. The van der Waals surface area contributed by atoms with Gasteiger partial charge in [-0.2, -0.15) is 5.10 Å². The van der Waals surface area contributed by atoms with Gasteiger partial charge in [0.25, 0.3) is 5.91 Å². The lowest BCUT2D eigenvalue weighted by Gasteiger charge is -2.11. The van der Waals surface area contributed by atoms with E-state index in [1.54, 1.807) is 48.5 Å². The van der Waals surface area contributed by atoms with E-state index in [1.165, 1.54) is 6.21 Å². The van der Waals surface area contributed by atoms with Crippen LogP contribution in [0, 0.1) is 0 Å². The second kappa shape index (κ2) is 9.77. The summed E-state index contributed by atoms with van der Waals surface area (Å²) in [6.07, 6.45) is 1.46. The SMILES string of the molecule is O=C(Oc1ccc2ccccc2c1/C=N\NC(=O)c1ccccc1Br)c1ccccc1Cl. The zero-order chi connectivity index (χ0) is 22.5. The van der Waals surface area contributed by atoms with Crippen LogP contribution in [-0.4, -0.2) is 18.1 Å². The Balaban J connectivity index is 1.65. The summed E-state index contributed by atoms with van der Waals surface area (Å²) < 4.78 is 6.31. The summed E-state index contributed by atoms with van der Waals surface area (Å²) in [6, 6.07) is 24.9. The summed E-state index contributed by atoms with van der Waals surface area (Å²) >= 11 is 9.48. The number of carbonyl (C=O) groups excluding carboxylic acids is 2. The number of halogens is 2. The minimum atomic E-state index is -0.585. The zero-order valence-electron chi connectivity index (χ0n) is 16.6. The molecule has 0 bridgehead atoms. The molecule has 4 aromatic rings. The topological polar surface area (TPSA) is 67.8 Å². The van der Waals surface area contributed by atoms with E-state index in [2.05, 4.69) is 26.5 Å². The van der Waals surface area contributed by atoms with E-state index in [4.69, 9.17) is 16.3 Å². The lowest BCUT2D eigenvalue weighted by Crippen LogP contribution is -2.18. The summed E-state index contributed by atoms with van der Waals surface area (Å²) in [5.74, 6) is -0.658. The first-order valence-electron chi connectivity index (χ1n) is 9.61. The fourth-order valence-electron chi connectivity index (χ4n) is 3.14. The van der Waals surface area contributed by atoms with Crippen molar-refractivity contribution in [2.45, 2.75) is 0 Å². The molecule has 0 heterocycles. The second-order valence-electron chi connectivity index (χ2n) is 6.75. The zero-order valence-corrected chi connectivity index (χ0v) is 18.9. The van der Waals surface area contributed by atoms with Crippen LogP contribution < -0.4 is 10.2 Å². The highest BCUT2D eigenvalue weighted by Crippen LogP contribution is 2.28. The molecule has 4 rings (SSSR count). The average Bonchev–Trinajstić information content (AvgIpc) is 2.80. The van der Waals surface area contributed by atoms with E-state index >= 15 is 0 Å². The van der Waals surface area contributed by atoms with Crippen LogP contribution >= 0.6 is 27.5 Å². The maximum absolute atomic E-state index is 12.7. The molecule has 0 aliphatic heterocycles. The van der Waals surface area contributed by atoms with Gasteiger partial charge in [0.15, 0.2) is 0 Å². The Morgan fingerprint density at radius 3 is 2.34 bits per heavy atom. The van der Waals surface area contributed by atoms with Crippen molar-refractivity contribution in [1.82, 2.24) is 5.43 Å². The highest BCUT2D eigenvalue weighted by molar-refractivity contribution is 9.10. The van der Waals surface area contributed by atoms with Gasteiger partial charge in [0.1, 0.15) is 5.75 Å². The summed E-state index contributed by atoms with van der Waals surface area (Å²) in [6.45, 7) is 0. The number of carbonyl (C=O) groups is 2. The first-order chi connectivity index (χ1) is 15.5. The van der Waals surface area contributed by atoms with Crippen molar-refractivity contribution in [3.05, 3.63) is 111 Å². The number of amides is 1. The lowest BCUT2D eigenvalue weighted by molar-refractivity contribution is 0.0734. The predicted octanol–water partition coefficient (Wildman–Crippen LogP) is 6.24. The van der Waals surface area contributed by atoms with E-state index in [-0.39, 0.29) is 11.5 Å². The van der Waals surface area contributed by atoms with Gasteiger partial charge in [-0.1, -0.05) is 66.2 Å². The largest absolute Gasteiger partial charge is 0.422 e. The molecule has 0 aromatic heterocycles. The van der Waals surface area contributed by atoms with Gasteiger partial charge in [-0.05, 0) is 57.0 Å². The predicted molar refractivity (Wildman–Crippen MR) is 130 cm³/mol. The number of hydrazone groups is 1. The molecule has 0 saturated heterocycles. The molecule has 0 aliphatic carbocycles. The molecule has 0 saturated carbocycles. The van der Waals surface area contributed by atoms with Gasteiger partial charge in [0.05, 0.1) is 22.4 Å². The number of rotatable bonds is 5. The monoisotopic (exact) mass is 506 g/mol. The van der Waals surface area contributed by atoms with Gasteiger partial charge in [0.2, 0.25) is 0 Å². The van der Waals surface area contributed by atoms with E-state index in [0.29, 0.717) is 26.4 Å². The molecular weight excluding hydrogens is 492 g/mol. The summed E-state index contributed by atoms with van der Waals surface area (Å²) in [5, 5.41) is 6.15. The third-order valence-corrected chi connectivity index (χ3v) is 5.73. The maximum atomic E-state index is 12.7. The fraction of sp³-hybridized carbons (Fsp3) is 0. The van der Waals surface area contributed by atoms with E-state index < -0.39 is 5.97 Å². The standard InChI is InChI=1S/C25H16BrClN2O3/c26-21-11-5-3-9-18(21)24(30)29-28-15-20-17-8-2-1-7-16(17)13-14-23(20)32-25(31)19-10-4-6-12-22(19)27/h1-15H,(H,29,30)/b28-15-. The van der Waals surface area contributed by atoms with Crippen LogP contribution in [0.4, 0.5) is 0 Å². The number of nitrogens with zero attached hydrogens (tertiary/aromatic N) is 1. The molecule has 0 radical (unpaired) electrons. The average molecular weight is 508 g/mol. The minimum absolute atomic E-state index is 0.257. The van der Waals surface area contributed by atoms with Gasteiger partial charge in [-0.3, -0.25) is 4.79 Å². The van der Waals surface area contributed by atoms with Gasteiger partial charge < -0.3 is 4.74 Å². The highest BCUT2D eigenvalue weighted by atomic mass is 79.9. The molecule has 0 unspecified atom stereocenters. The van der Waals surface area contributed by atoms with Gasteiger partial charge in [-0.25, -0.2) is 10.2 Å². The van der Waals surface area contributed by atoms with Gasteiger partial charge >= 0.3 is 5.97 Å². The minimum Gasteiger partial charge on any atom is -0.422 e. The van der Waals surface area contributed by atoms with Crippen molar-refractivity contribution in [1.29, 1.82) is 0 Å². The van der Waals surface area contributed by atoms with Crippen LogP contribution in [0.1, 0.15) is 26.3 Å². The molecule has 7 heteroatoms. The molecule has 5 nitrogen and oxygen atoms in total. The van der Waals surface area contributed by atoms with Crippen molar-refractivity contribution >= 4 is 56.4 Å². The van der Waals surface area contributed by atoms with Crippen LogP contribution in [0.5, 0.6) is 5.75 Å². The Morgan fingerprint density at radius 1 is 0.875 bits per heavy atom. The Hall–Kier alpha value is -3.48. The summed E-state index contributed by atoms with van der Waals surface area (Å²) in [4.78, 5) is 25.2. The first-order valence-corrected chi connectivity index (χ1v) is 10.8. The van der Waals surface area contributed by atoms with Crippen molar-refractivity contribution in [3.8, 4) is 5.75 Å². The third kappa shape index (κ3) is 4.72. The molecule has 158 valence electrons. The third-order valence-electron chi connectivity index (χ3n) is 4.71. The number of esters is 1. The van der Waals surface area contributed by atoms with Crippen LogP contribution in [-0.2, 0) is 0 Å². The molecule has 0 aliphatic rings. The van der Waals surface area contributed by atoms with E-state index in [9.17, 15) is 9.59 Å². The molecule has 0 spiro atoms.